The molecule has 2 rings (SSSR count). The SMILES string of the molecule is CCNC(=NCC(C)N1CCOCC1)NCCN1CCCC(C)C1. The molecule has 0 aliphatic carbocycles. The van der Waals surface area contributed by atoms with Crippen LogP contribution in [0.25, 0.3) is 0 Å². The van der Waals surface area contributed by atoms with Crippen molar-refractivity contribution in [2.75, 3.05) is 65.6 Å². The monoisotopic (exact) mass is 339 g/mol. The lowest BCUT2D eigenvalue weighted by Crippen LogP contribution is -2.46. The van der Waals surface area contributed by atoms with E-state index < -0.39 is 0 Å². The van der Waals surface area contributed by atoms with Gasteiger partial charge < -0.3 is 20.3 Å². The molecule has 6 heteroatoms. The Bertz CT molecular complexity index is 370. The van der Waals surface area contributed by atoms with Crippen LogP contribution in [0.4, 0.5) is 0 Å². The first-order chi connectivity index (χ1) is 11.7. The smallest absolute Gasteiger partial charge is 0.191 e. The van der Waals surface area contributed by atoms with Gasteiger partial charge in [-0.2, -0.15) is 0 Å². The number of ether oxygens (including phenoxy) is 1. The van der Waals surface area contributed by atoms with Crippen molar-refractivity contribution in [1.29, 1.82) is 0 Å². The number of hydrogen-bond donors (Lipinski definition) is 2. The Hall–Kier alpha value is -0.850. The summed E-state index contributed by atoms with van der Waals surface area (Å²) < 4.78 is 5.43. The number of hydrogen-bond acceptors (Lipinski definition) is 4. The normalized spacial score (nSPS) is 25.5. The van der Waals surface area contributed by atoms with Crippen LogP contribution in [0.3, 0.4) is 0 Å². The predicted octanol–water partition coefficient (Wildman–Crippen LogP) is 0.994. The molecule has 0 saturated carbocycles. The summed E-state index contributed by atoms with van der Waals surface area (Å²) in [7, 11) is 0. The van der Waals surface area contributed by atoms with Crippen LogP contribution < -0.4 is 10.6 Å². The minimum Gasteiger partial charge on any atom is -0.379 e. The number of rotatable bonds is 7. The van der Waals surface area contributed by atoms with Crippen LogP contribution in [0.5, 0.6) is 0 Å². The molecule has 0 bridgehead atoms. The average molecular weight is 340 g/mol. The molecule has 2 heterocycles. The van der Waals surface area contributed by atoms with E-state index in [4.69, 9.17) is 9.73 Å². The van der Waals surface area contributed by atoms with E-state index in [9.17, 15) is 0 Å². The van der Waals surface area contributed by atoms with Gasteiger partial charge in [-0.15, -0.1) is 0 Å². The molecular formula is C18H37N5O. The van der Waals surface area contributed by atoms with E-state index in [1.807, 2.05) is 0 Å². The van der Waals surface area contributed by atoms with Crippen molar-refractivity contribution in [1.82, 2.24) is 20.4 Å². The topological polar surface area (TPSA) is 52.1 Å². The first-order valence-electron chi connectivity index (χ1n) is 9.75. The Kier molecular flexibility index (Phi) is 8.84. The summed E-state index contributed by atoms with van der Waals surface area (Å²) >= 11 is 0. The molecule has 0 radical (unpaired) electrons. The van der Waals surface area contributed by atoms with Crippen LogP contribution in [-0.4, -0.2) is 87.4 Å². The van der Waals surface area contributed by atoms with Gasteiger partial charge in [0.2, 0.25) is 0 Å². The van der Waals surface area contributed by atoms with Gasteiger partial charge in [0.1, 0.15) is 0 Å². The molecule has 2 aliphatic rings. The molecule has 0 aromatic carbocycles. The zero-order valence-corrected chi connectivity index (χ0v) is 15.9. The zero-order chi connectivity index (χ0) is 17.2. The molecule has 0 spiro atoms. The highest BCUT2D eigenvalue weighted by atomic mass is 16.5. The van der Waals surface area contributed by atoms with E-state index in [1.165, 1.54) is 25.9 Å². The van der Waals surface area contributed by atoms with E-state index >= 15 is 0 Å². The molecule has 6 nitrogen and oxygen atoms in total. The van der Waals surface area contributed by atoms with Gasteiger partial charge in [-0.25, -0.2) is 0 Å². The number of piperidine rings is 1. The minimum absolute atomic E-state index is 0.465. The average Bonchev–Trinajstić information content (AvgIpc) is 2.60. The van der Waals surface area contributed by atoms with Gasteiger partial charge in [0.05, 0.1) is 19.8 Å². The summed E-state index contributed by atoms with van der Waals surface area (Å²) in [6, 6.07) is 0.465. The van der Waals surface area contributed by atoms with Gasteiger partial charge in [0.15, 0.2) is 5.96 Å². The maximum absolute atomic E-state index is 5.43. The Morgan fingerprint density at radius 1 is 1.25 bits per heavy atom. The fourth-order valence-corrected chi connectivity index (χ4v) is 3.52. The molecule has 24 heavy (non-hydrogen) atoms. The molecule has 0 aromatic rings. The largest absolute Gasteiger partial charge is 0.379 e. The van der Waals surface area contributed by atoms with Crippen molar-refractivity contribution in [2.45, 2.75) is 39.7 Å². The summed E-state index contributed by atoms with van der Waals surface area (Å²) in [4.78, 5) is 9.81. The predicted molar refractivity (Wildman–Crippen MR) is 101 cm³/mol. The van der Waals surface area contributed by atoms with Crippen molar-refractivity contribution >= 4 is 5.96 Å². The maximum atomic E-state index is 5.43. The quantitative estimate of drug-likeness (QED) is 0.535. The number of nitrogens with one attached hydrogen (secondary N) is 2. The minimum atomic E-state index is 0.465. The van der Waals surface area contributed by atoms with E-state index in [1.54, 1.807) is 0 Å². The first kappa shape index (κ1) is 19.5. The Labute approximate surface area is 148 Å². The molecule has 2 atom stereocenters. The molecule has 2 fully saturated rings. The lowest BCUT2D eigenvalue weighted by Gasteiger charge is -2.32. The van der Waals surface area contributed by atoms with Crippen molar-refractivity contribution in [2.24, 2.45) is 10.9 Å². The van der Waals surface area contributed by atoms with Gasteiger partial charge in [-0.3, -0.25) is 9.89 Å². The third-order valence-corrected chi connectivity index (χ3v) is 4.99. The number of likely N-dealkylation sites (tertiary alicyclic amines) is 1. The number of guanidine groups is 1. The number of nitrogens with zero attached hydrogens (tertiary/aromatic N) is 3. The van der Waals surface area contributed by atoms with E-state index in [0.717, 1.165) is 64.4 Å². The molecule has 2 saturated heterocycles. The zero-order valence-electron chi connectivity index (χ0n) is 15.9. The van der Waals surface area contributed by atoms with E-state index in [-0.39, 0.29) is 0 Å². The fraction of sp³-hybridized carbons (Fsp3) is 0.944. The third-order valence-electron chi connectivity index (χ3n) is 4.99. The lowest BCUT2D eigenvalue weighted by atomic mass is 10.0. The summed E-state index contributed by atoms with van der Waals surface area (Å²) in [6.07, 6.45) is 2.72. The van der Waals surface area contributed by atoms with Crippen LogP contribution >= 0.6 is 0 Å². The molecule has 2 aliphatic heterocycles. The van der Waals surface area contributed by atoms with Crippen LogP contribution in [0.15, 0.2) is 4.99 Å². The Morgan fingerprint density at radius 3 is 2.75 bits per heavy atom. The maximum Gasteiger partial charge on any atom is 0.191 e. The second-order valence-corrected chi connectivity index (χ2v) is 7.19. The molecule has 0 amide bonds. The van der Waals surface area contributed by atoms with Gasteiger partial charge in [0, 0.05) is 45.3 Å². The second kappa shape index (κ2) is 10.9. The fourth-order valence-electron chi connectivity index (χ4n) is 3.52. The van der Waals surface area contributed by atoms with E-state index in [2.05, 4.69) is 41.2 Å². The lowest BCUT2D eigenvalue weighted by molar-refractivity contribution is 0.0220. The highest BCUT2D eigenvalue weighted by Gasteiger charge is 2.17. The molecule has 2 unspecified atom stereocenters. The standard InChI is InChI=1S/C18H37N5O/c1-4-19-18(20-7-9-22-8-5-6-16(2)15-22)21-14-17(3)23-10-12-24-13-11-23/h16-17H,4-15H2,1-3H3,(H2,19,20,21). The summed E-state index contributed by atoms with van der Waals surface area (Å²) in [5, 5.41) is 6.86. The number of aliphatic imine (C=N–C) groups is 1. The van der Waals surface area contributed by atoms with Crippen LogP contribution in [-0.2, 0) is 4.74 Å². The molecule has 0 aromatic heterocycles. The van der Waals surface area contributed by atoms with Crippen LogP contribution in [0.2, 0.25) is 0 Å². The van der Waals surface area contributed by atoms with Crippen LogP contribution in [0, 0.1) is 5.92 Å². The van der Waals surface area contributed by atoms with E-state index in [0.29, 0.717) is 6.04 Å². The van der Waals surface area contributed by atoms with Crippen LogP contribution in [0.1, 0.15) is 33.6 Å². The van der Waals surface area contributed by atoms with Gasteiger partial charge in [0.25, 0.3) is 0 Å². The van der Waals surface area contributed by atoms with Crippen molar-refractivity contribution in [3.63, 3.8) is 0 Å². The highest BCUT2D eigenvalue weighted by Crippen LogP contribution is 2.14. The summed E-state index contributed by atoms with van der Waals surface area (Å²) in [6.45, 7) is 16.8. The van der Waals surface area contributed by atoms with Crippen molar-refractivity contribution in [3.05, 3.63) is 0 Å². The first-order valence-corrected chi connectivity index (χ1v) is 9.75. The summed E-state index contributed by atoms with van der Waals surface area (Å²) in [5.41, 5.74) is 0. The van der Waals surface area contributed by atoms with Gasteiger partial charge in [-0.1, -0.05) is 6.92 Å². The van der Waals surface area contributed by atoms with Crippen molar-refractivity contribution in [3.8, 4) is 0 Å². The summed E-state index contributed by atoms with van der Waals surface area (Å²) in [5.74, 6) is 1.79. The Morgan fingerprint density at radius 2 is 2.04 bits per heavy atom. The highest BCUT2D eigenvalue weighted by molar-refractivity contribution is 5.79. The molecular weight excluding hydrogens is 302 g/mol. The molecule has 2 N–H and O–H groups in total. The Balaban J connectivity index is 1.71. The number of morpholine rings is 1. The second-order valence-electron chi connectivity index (χ2n) is 7.19. The third kappa shape index (κ3) is 6.95. The van der Waals surface area contributed by atoms with Gasteiger partial charge in [-0.05, 0) is 39.2 Å². The molecule has 140 valence electrons. The van der Waals surface area contributed by atoms with Gasteiger partial charge >= 0.3 is 0 Å². The van der Waals surface area contributed by atoms with Crippen molar-refractivity contribution < 1.29 is 4.74 Å².